The number of nitrogens with zero attached hydrogens (tertiary/aromatic N) is 1. The number of hydrogen-bond acceptors (Lipinski definition) is 5. The summed E-state index contributed by atoms with van der Waals surface area (Å²) in [5.41, 5.74) is 1.71. The Hall–Kier alpha value is -1.95. The van der Waals surface area contributed by atoms with Gasteiger partial charge in [0.25, 0.3) is 0 Å². The van der Waals surface area contributed by atoms with Crippen LogP contribution in [-0.2, 0) is 21.6 Å². The summed E-state index contributed by atoms with van der Waals surface area (Å²) in [7, 11) is 0. The van der Waals surface area contributed by atoms with Gasteiger partial charge in [0.2, 0.25) is 0 Å². The van der Waals surface area contributed by atoms with Crippen LogP contribution >= 0.6 is 23.2 Å². The molecule has 0 N–H and O–H groups in total. The van der Waals surface area contributed by atoms with E-state index in [9.17, 15) is 4.79 Å². The third kappa shape index (κ3) is 6.14. The molecule has 0 aliphatic carbocycles. The van der Waals surface area contributed by atoms with Crippen molar-refractivity contribution in [2.75, 3.05) is 26.2 Å². The van der Waals surface area contributed by atoms with Crippen LogP contribution in [0, 0.1) is 0 Å². The third-order valence-electron chi connectivity index (χ3n) is 6.22. The van der Waals surface area contributed by atoms with Gasteiger partial charge in [-0.2, -0.15) is 0 Å². The average Bonchev–Trinajstić information content (AvgIpc) is 3.08. The molecule has 178 valence electrons. The molecule has 5 nitrogen and oxygen atoms in total. The van der Waals surface area contributed by atoms with Crippen molar-refractivity contribution in [3.05, 3.63) is 57.6 Å². The Balaban J connectivity index is 1.35. The Morgan fingerprint density at radius 3 is 2.45 bits per heavy atom. The van der Waals surface area contributed by atoms with Gasteiger partial charge in [-0.25, -0.2) is 0 Å². The minimum atomic E-state index is -0.438. The summed E-state index contributed by atoms with van der Waals surface area (Å²) in [5, 5.41) is 1.20. The molecule has 0 unspecified atom stereocenters. The van der Waals surface area contributed by atoms with Crippen LogP contribution in [-0.4, -0.2) is 42.7 Å². The number of fused-ring (bicyclic) bond motifs is 2. The molecule has 33 heavy (non-hydrogen) atoms. The van der Waals surface area contributed by atoms with Crippen LogP contribution < -0.4 is 9.47 Å². The zero-order valence-electron chi connectivity index (χ0n) is 19.5. The Morgan fingerprint density at radius 2 is 1.79 bits per heavy atom. The number of benzene rings is 2. The minimum absolute atomic E-state index is 0.00349. The normalized spacial score (nSPS) is 17.5. The number of esters is 1. The summed E-state index contributed by atoms with van der Waals surface area (Å²) in [5.74, 6) is 1.61. The van der Waals surface area contributed by atoms with Gasteiger partial charge in [0, 0.05) is 27.6 Å². The smallest absolute Gasteiger partial charge is 0.307 e. The van der Waals surface area contributed by atoms with Crippen LogP contribution in [0.1, 0.15) is 51.2 Å². The number of carbonyl (C=O) groups is 1. The molecule has 0 atom stereocenters. The van der Waals surface area contributed by atoms with Crippen molar-refractivity contribution in [1.29, 1.82) is 0 Å². The van der Waals surface area contributed by atoms with Gasteiger partial charge in [-0.15, -0.1) is 0 Å². The SMILES string of the molecule is CC(C)(C)OC(=O)CCN1CCC2(CC1)COc1ccc(OCc3cc(Cl)cc(Cl)c3)cc12. The molecular weight excluding hydrogens is 461 g/mol. The van der Waals surface area contributed by atoms with Gasteiger partial charge >= 0.3 is 5.97 Å². The van der Waals surface area contributed by atoms with Crippen LogP contribution in [0.2, 0.25) is 10.0 Å². The number of piperidine rings is 1. The van der Waals surface area contributed by atoms with Crippen LogP contribution in [0.15, 0.2) is 36.4 Å². The van der Waals surface area contributed by atoms with E-state index in [4.69, 9.17) is 37.4 Å². The summed E-state index contributed by atoms with van der Waals surface area (Å²) in [6, 6.07) is 11.5. The zero-order valence-corrected chi connectivity index (χ0v) is 21.0. The van der Waals surface area contributed by atoms with E-state index >= 15 is 0 Å². The van der Waals surface area contributed by atoms with Crippen LogP contribution in [0.5, 0.6) is 11.5 Å². The molecule has 1 saturated heterocycles. The maximum atomic E-state index is 12.1. The lowest BCUT2D eigenvalue weighted by Crippen LogP contribution is -2.44. The monoisotopic (exact) mass is 491 g/mol. The van der Waals surface area contributed by atoms with E-state index in [1.54, 1.807) is 6.07 Å². The largest absolute Gasteiger partial charge is 0.492 e. The zero-order chi connectivity index (χ0) is 23.6. The molecule has 7 heteroatoms. The molecule has 0 bridgehead atoms. The average molecular weight is 492 g/mol. The quantitative estimate of drug-likeness (QED) is 0.461. The van der Waals surface area contributed by atoms with Crippen LogP contribution in [0.25, 0.3) is 0 Å². The van der Waals surface area contributed by atoms with Gasteiger partial charge < -0.3 is 19.1 Å². The molecule has 1 fully saturated rings. The number of likely N-dealkylation sites (tertiary alicyclic amines) is 1. The maximum absolute atomic E-state index is 12.1. The first-order chi connectivity index (χ1) is 15.6. The summed E-state index contributed by atoms with van der Waals surface area (Å²) >= 11 is 12.2. The van der Waals surface area contributed by atoms with E-state index in [1.165, 1.54) is 5.56 Å². The van der Waals surface area contributed by atoms with Gasteiger partial charge in [0.1, 0.15) is 23.7 Å². The highest BCUT2D eigenvalue weighted by molar-refractivity contribution is 6.34. The van der Waals surface area contributed by atoms with E-state index in [1.807, 2.05) is 45.0 Å². The molecule has 0 radical (unpaired) electrons. The highest BCUT2D eigenvalue weighted by atomic mass is 35.5. The van der Waals surface area contributed by atoms with E-state index in [-0.39, 0.29) is 11.4 Å². The highest BCUT2D eigenvalue weighted by Crippen LogP contribution is 2.46. The number of halogens is 2. The van der Waals surface area contributed by atoms with E-state index in [0.717, 1.165) is 49.5 Å². The molecule has 0 aromatic heterocycles. The Morgan fingerprint density at radius 1 is 1.09 bits per heavy atom. The van der Waals surface area contributed by atoms with Gasteiger partial charge in [-0.1, -0.05) is 23.2 Å². The second-order valence-corrected chi connectivity index (χ2v) is 10.8. The molecule has 2 aliphatic rings. The fourth-order valence-electron chi connectivity index (χ4n) is 4.55. The topological polar surface area (TPSA) is 48.0 Å². The number of carbonyl (C=O) groups excluding carboxylic acids is 1. The fourth-order valence-corrected chi connectivity index (χ4v) is 5.13. The van der Waals surface area contributed by atoms with Gasteiger partial charge in [-0.05, 0) is 88.7 Å². The van der Waals surface area contributed by atoms with E-state index in [0.29, 0.717) is 29.7 Å². The van der Waals surface area contributed by atoms with Crippen molar-refractivity contribution in [1.82, 2.24) is 4.90 Å². The first-order valence-corrected chi connectivity index (χ1v) is 12.2. The highest BCUT2D eigenvalue weighted by Gasteiger charge is 2.43. The Bertz CT molecular complexity index is 990. The minimum Gasteiger partial charge on any atom is -0.492 e. The first kappa shape index (κ1) is 24.2. The molecule has 2 aromatic carbocycles. The lowest BCUT2D eigenvalue weighted by Gasteiger charge is -2.38. The van der Waals surface area contributed by atoms with Crippen molar-refractivity contribution in [2.45, 2.75) is 57.7 Å². The first-order valence-electron chi connectivity index (χ1n) is 11.4. The van der Waals surface area contributed by atoms with Gasteiger partial charge in [0.05, 0.1) is 13.0 Å². The number of ether oxygens (including phenoxy) is 3. The lowest BCUT2D eigenvalue weighted by atomic mass is 9.74. The summed E-state index contributed by atoms with van der Waals surface area (Å²) in [4.78, 5) is 14.4. The summed E-state index contributed by atoms with van der Waals surface area (Å²) < 4.78 is 17.5. The molecular formula is C26H31Cl2NO4. The molecule has 2 heterocycles. The second kappa shape index (κ2) is 9.73. The van der Waals surface area contributed by atoms with Crippen LogP contribution in [0.3, 0.4) is 0 Å². The number of hydrogen-bond donors (Lipinski definition) is 0. The predicted molar refractivity (Wildman–Crippen MR) is 131 cm³/mol. The van der Waals surface area contributed by atoms with Crippen molar-refractivity contribution in [2.24, 2.45) is 0 Å². The molecule has 4 rings (SSSR count). The van der Waals surface area contributed by atoms with Gasteiger partial charge in [0.15, 0.2) is 0 Å². The molecule has 0 amide bonds. The fraction of sp³-hybridized carbons (Fsp3) is 0.500. The Labute approximate surface area is 205 Å². The standard InChI is InChI=1S/C26H31Cl2NO4/c1-25(2,3)33-24(30)6-9-29-10-7-26(8-11-29)17-32-23-5-4-21(15-22(23)26)31-16-18-12-19(27)14-20(28)13-18/h4-5,12-15H,6-11,16-17H2,1-3H3. The molecule has 0 saturated carbocycles. The second-order valence-electron chi connectivity index (χ2n) is 9.97. The van der Waals surface area contributed by atoms with Gasteiger partial charge in [-0.3, -0.25) is 4.79 Å². The molecule has 2 aliphatic heterocycles. The van der Waals surface area contributed by atoms with E-state index < -0.39 is 5.60 Å². The van der Waals surface area contributed by atoms with Crippen molar-refractivity contribution in [3.8, 4) is 11.5 Å². The maximum Gasteiger partial charge on any atom is 0.307 e. The molecule has 1 spiro atoms. The van der Waals surface area contributed by atoms with Crippen molar-refractivity contribution in [3.63, 3.8) is 0 Å². The summed E-state index contributed by atoms with van der Waals surface area (Å²) in [6.07, 6.45) is 2.40. The summed E-state index contributed by atoms with van der Waals surface area (Å²) in [6.45, 7) is 9.36. The third-order valence-corrected chi connectivity index (χ3v) is 6.66. The van der Waals surface area contributed by atoms with E-state index in [2.05, 4.69) is 11.0 Å². The lowest BCUT2D eigenvalue weighted by molar-refractivity contribution is -0.155. The molecule has 2 aromatic rings. The van der Waals surface area contributed by atoms with Crippen molar-refractivity contribution < 1.29 is 19.0 Å². The predicted octanol–water partition coefficient (Wildman–Crippen LogP) is 6.03. The van der Waals surface area contributed by atoms with Crippen LogP contribution in [0.4, 0.5) is 0 Å². The number of rotatable bonds is 6. The Kier molecular flexibility index (Phi) is 7.13. The van der Waals surface area contributed by atoms with Crippen molar-refractivity contribution >= 4 is 29.2 Å².